The van der Waals surface area contributed by atoms with Gasteiger partial charge in [-0.2, -0.15) is 5.10 Å². The number of carbonyl (C=O) groups excluding carboxylic acids is 1. The number of methoxy groups -OCH3 is 1. The van der Waals surface area contributed by atoms with Crippen LogP contribution in [0.5, 0.6) is 0 Å². The molecule has 2 heterocycles. The van der Waals surface area contributed by atoms with Gasteiger partial charge < -0.3 is 4.74 Å². The lowest BCUT2D eigenvalue weighted by molar-refractivity contribution is -0.140. The first kappa shape index (κ1) is 13.5. The van der Waals surface area contributed by atoms with Gasteiger partial charge in [0.2, 0.25) is 0 Å². The van der Waals surface area contributed by atoms with Crippen LogP contribution in [0.4, 0.5) is 0 Å². The Kier molecular flexibility index (Phi) is 4.16. The van der Waals surface area contributed by atoms with E-state index in [1.54, 1.807) is 17.1 Å². The van der Waals surface area contributed by atoms with Gasteiger partial charge in [0, 0.05) is 31.4 Å². The van der Waals surface area contributed by atoms with Gasteiger partial charge in [0.25, 0.3) is 0 Å². The van der Waals surface area contributed by atoms with Gasteiger partial charge >= 0.3 is 5.97 Å². The van der Waals surface area contributed by atoms with Gasteiger partial charge in [-0.1, -0.05) is 11.6 Å². The largest absolute Gasteiger partial charge is 0.469 e. The molecule has 0 aliphatic rings. The van der Waals surface area contributed by atoms with E-state index in [0.29, 0.717) is 17.9 Å². The molecular weight excluding hydrogens is 266 g/mol. The Labute approximate surface area is 116 Å². The van der Waals surface area contributed by atoms with Gasteiger partial charge in [-0.15, -0.1) is 0 Å². The van der Waals surface area contributed by atoms with E-state index in [2.05, 4.69) is 14.8 Å². The second-order valence-electron chi connectivity index (χ2n) is 4.11. The highest BCUT2D eigenvalue weighted by Crippen LogP contribution is 2.22. The molecule has 0 fully saturated rings. The summed E-state index contributed by atoms with van der Waals surface area (Å²) in [4.78, 5) is 15.2. The summed E-state index contributed by atoms with van der Waals surface area (Å²) in [5.74, 6) is -0.239. The Morgan fingerprint density at radius 2 is 2.21 bits per heavy atom. The average molecular weight is 280 g/mol. The summed E-state index contributed by atoms with van der Waals surface area (Å²) in [5, 5.41) is 4.94. The summed E-state index contributed by atoms with van der Waals surface area (Å²) in [6.45, 7) is 0. The molecule has 5 nitrogen and oxygen atoms in total. The van der Waals surface area contributed by atoms with E-state index in [1.165, 1.54) is 7.11 Å². The highest BCUT2D eigenvalue weighted by atomic mass is 35.5. The third-order valence-corrected chi connectivity index (χ3v) is 2.95. The molecule has 0 bridgehead atoms. The molecule has 0 spiro atoms. The first-order valence-electron chi connectivity index (χ1n) is 5.81. The minimum Gasteiger partial charge on any atom is -0.469 e. The number of halogens is 1. The van der Waals surface area contributed by atoms with Crippen molar-refractivity contribution in [3.8, 4) is 11.3 Å². The van der Waals surface area contributed by atoms with Crippen molar-refractivity contribution in [1.82, 2.24) is 14.8 Å². The predicted octanol–water partition coefficient (Wildman–Crippen LogP) is 2.24. The molecule has 0 saturated carbocycles. The SMILES string of the molecule is COC(=O)CCc1cc(-c2cncc(Cl)c2)n(C)n1. The molecule has 100 valence electrons. The summed E-state index contributed by atoms with van der Waals surface area (Å²) >= 11 is 5.92. The molecule has 0 amide bonds. The van der Waals surface area contributed by atoms with E-state index in [4.69, 9.17) is 11.6 Å². The van der Waals surface area contributed by atoms with E-state index < -0.39 is 0 Å². The van der Waals surface area contributed by atoms with Crippen LogP contribution in [0, 0.1) is 0 Å². The minimum atomic E-state index is -0.239. The number of esters is 1. The Morgan fingerprint density at radius 1 is 1.42 bits per heavy atom. The number of carbonyl (C=O) groups is 1. The number of rotatable bonds is 4. The Morgan fingerprint density at radius 3 is 2.89 bits per heavy atom. The lowest BCUT2D eigenvalue weighted by Crippen LogP contribution is -2.02. The van der Waals surface area contributed by atoms with Crippen LogP contribution in [0.2, 0.25) is 5.02 Å². The number of aryl methyl sites for hydroxylation is 2. The summed E-state index contributed by atoms with van der Waals surface area (Å²) in [7, 11) is 3.22. The Hall–Kier alpha value is -1.88. The van der Waals surface area contributed by atoms with Crippen molar-refractivity contribution in [3.05, 3.63) is 35.2 Å². The maximum absolute atomic E-state index is 11.1. The Balaban J connectivity index is 2.19. The zero-order valence-electron chi connectivity index (χ0n) is 10.8. The fourth-order valence-corrected chi connectivity index (χ4v) is 1.98. The highest BCUT2D eigenvalue weighted by Gasteiger charge is 2.10. The van der Waals surface area contributed by atoms with Gasteiger partial charge in [0.05, 0.1) is 29.9 Å². The number of hydrogen-bond donors (Lipinski definition) is 0. The van der Waals surface area contributed by atoms with Gasteiger partial charge in [-0.3, -0.25) is 14.5 Å². The zero-order valence-corrected chi connectivity index (χ0v) is 11.5. The van der Waals surface area contributed by atoms with Crippen molar-refractivity contribution in [1.29, 1.82) is 0 Å². The third-order valence-electron chi connectivity index (χ3n) is 2.74. The fraction of sp³-hybridized carbons (Fsp3) is 0.308. The van der Waals surface area contributed by atoms with Gasteiger partial charge in [-0.05, 0) is 12.1 Å². The molecule has 2 aromatic rings. The van der Waals surface area contributed by atoms with E-state index in [1.807, 2.05) is 19.2 Å². The number of aromatic nitrogens is 3. The molecule has 0 unspecified atom stereocenters. The normalized spacial score (nSPS) is 10.5. The molecule has 0 radical (unpaired) electrons. The fourth-order valence-electron chi connectivity index (χ4n) is 1.80. The summed E-state index contributed by atoms with van der Waals surface area (Å²) < 4.78 is 6.36. The van der Waals surface area contributed by atoms with E-state index in [9.17, 15) is 4.79 Å². The molecule has 2 aromatic heterocycles. The van der Waals surface area contributed by atoms with Crippen LogP contribution in [0.15, 0.2) is 24.5 Å². The third kappa shape index (κ3) is 3.32. The summed E-state index contributed by atoms with van der Waals surface area (Å²) in [5.41, 5.74) is 2.64. The van der Waals surface area contributed by atoms with E-state index >= 15 is 0 Å². The predicted molar refractivity (Wildman–Crippen MR) is 71.8 cm³/mol. The number of ether oxygens (including phenoxy) is 1. The molecule has 0 saturated heterocycles. The topological polar surface area (TPSA) is 57.0 Å². The number of pyridine rings is 1. The molecular formula is C13H14ClN3O2. The maximum Gasteiger partial charge on any atom is 0.305 e. The highest BCUT2D eigenvalue weighted by molar-refractivity contribution is 6.30. The van der Waals surface area contributed by atoms with Crippen molar-refractivity contribution >= 4 is 17.6 Å². The van der Waals surface area contributed by atoms with Crippen molar-refractivity contribution < 1.29 is 9.53 Å². The smallest absolute Gasteiger partial charge is 0.305 e. The molecule has 0 aromatic carbocycles. The van der Waals surface area contributed by atoms with Crippen LogP contribution in [0.1, 0.15) is 12.1 Å². The van der Waals surface area contributed by atoms with Crippen molar-refractivity contribution in [2.75, 3.05) is 7.11 Å². The average Bonchev–Trinajstić information content (AvgIpc) is 2.77. The first-order chi connectivity index (χ1) is 9.10. The van der Waals surface area contributed by atoms with Crippen molar-refractivity contribution in [3.63, 3.8) is 0 Å². The van der Waals surface area contributed by atoms with E-state index in [0.717, 1.165) is 17.0 Å². The quantitative estimate of drug-likeness (QED) is 0.806. The van der Waals surface area contributed by atoms with E-state index in [-0.39, 0.29) is 5.97 Å². The summed E-state index contributed by atoms with van der Waals surface area (Å²) in [6, 6.07) is 3.76. The molecule has 0 aliphatic carbocycles. The molecule has 19 heavy (non-hydrogen) atoms. The number of nitrogens with zero attached hydrogens (tertiary/aromatic N) is 3. The number of hydrogen-bond acceptors (Lipinski definition) is 4. The molecule has 2 rings (SSSR count). The van der Waals surface area contributed by atoms with Crippen LogP contribution in [-0.4, -0.2) is 27.8 Å². The molecule has 0 N–H and O–H groups in total. The zero-order chi connectivity index (χ0) is 13.8. The maximum atomic E-state index is 11.1. The first-order valence-corrected chi connectivity index (χ1v) is 6.18. The monoisotopic (exact) mass is 279 g/mol. The van der Waals surface area contributed by atoms with Crippen molar-refractivity contribution in [2.45, 2.75) is 12.8 Å². The van der Waals surface area contributed by atoms with Gasteiger partial charge in [0.15, 0.2) is 0 Å². The summed E-state index contributed by atoms with van der Waals surface area (Å²) in [6.07, 6.45) is 4.18. The molecule has 0 aliphatic heterocycles. The second kappa shape index (κ2) is 5.84. The van der Waals surface area contributed by atoms with Crippen LogP contribution in [0.3, 0.4) is 0 Å². The lowest BCUT2D eigenvalue weighted by atomic mass is 10.1. The Bertz CT molecular complexity index is 595. The van der Waals surface area contributed by atoms with Crippen LogP contribution >= 0.6 is 11.6 Å². The van der Waals surface area contributed by atoms with Crippen LogP contribution in [0.25, 0.3) is 11.3 Å². The van der Waals surface area contributed by atoms with Crippen LogP contribution in [-0.2, 0) is 23.0 Å². The van der Waals surface area contributed by atoms with Crippen LogP contribution < -0.4 is 0 Å². The lowest BCUT2D eigenvalue weighted by Gasteiger charge is -2.00. The second-order valence-corrected chi connectivity index (χ2v) is 4.55. The standard InChI is InChI=1S/C13H14ClN3O2/c1-17-12(9-5-10(14)8-15-7-9)6-11(16-17)3-4-13(18)19-2/h5-8H,3-4H2,1-2H3. The van der Waals surface area contributed by atoms with Gasteiger partial charge in [-0.25, -0.2) is 0 Å². The van der Waals surface area contributed by atoms with Gasteiger partial charge in [0.1, 0.15) is 0 Å². The van der Waals surface area contributed by atoms with Crippen molar-refractivity contribution in [2.24, 2.45) is 7.05 Å². The minimum absolute atomic E-state index is 0.239. The molecule has 6 heteroatoms. The molecule has 0 atom stereocenters.